The van der Waals surface area contributed by atoms with Crippen LogP contribution in [0.2, 0.25) is 0 Å². The van der Waals surface area contributed by atoms with Gasteiger partial charge in [0.25, 0.3) is 8.53 Å². The molecule has 1 aliphatic rings. The molecule has 1 fully saturated rings. The Morgan fingerprint density at radius 3 is 2.66 bits per heavy atom. The smallest absolute Gasteiger partial charge is 0.259 e. The summed E-state index contributed by atoms with van der Waals surface area (Å²) < 4.78 is 37.0. The van der Waals surface area contributed by atoms with Crippen LogP contribution in [-0.2, 0) is 18.5 Å². The average molecular weight is 465 g/mol. The number of fused-ring (bicyclic) bond motifs is 1. The van der Waals surface area contributed by atoms with Crippen molar-refractivity contribution in [1.82, 2.24) is 24.2 Å². The molecular weight excluding hydrogens is 429 g/mol. The largest absolute Gasteiger partial charge is 0.374 e. The van der Waals surface area contributed by atoms with E-state index in [-0.39, 0.29) is 19.0 Å². The van der Waals surface area contributed by atoms with Crippen LogP contribution in [0, 0.1) is 19.3 Å². The van der Waals surface area contributed by atoms with E-state index in [4.69, 9.17) is 26.3 Å². The fourth-order valence-corrected chi connectivity index (χ4v) is 5.65. The molecule has 0 N–H and O–H groups in total. The first-order valence-corrected chi connectivity index (χ1v) is 11.9. The first-order valence-electron chi connectivity index (χ1n) is 11.5. The fraction of sp³-hybridized carbons (Fsp3) is 0.682. The molecule has 0 spiro atoms. The van der Waals surface area contributed by atoms with Gasteiger partial charge in [-0.1, -0.05) is 0 Å². The minimum Gasteiger partial charge on any atom is -0.374 e. The minimum absolute atomic E-state index is 0.0125. The van der Waals surface area contributed by atoms with E-state index in [2.05, 4.69) is 53.2 Å². The maximum absolute atomic E-state index is 8.11. The van der Waals surface area contributed by atoms with Gasteiger partial charge in [-0.15, -0.1) is 12.3 Å². The van der Waals surface area contributed by atoms with Crippen molar-refractivity contribution in [2.24, 2.45) is 0 Å². The molecule has 5 atom stereocenters. The van der Waals surface area contributed by atoms with Gasteiger partial charge >= 0.3 is 0 Å². The number of terminal acetylenes is 1. The van der Waals surface area contributed by atoms with E-state index < -0.39 is 33.1 Å². The summed E-state index contributed by atoms with van der Waals surface area (Å²) in [5.74, 6) is 2.61. The number of aromatic nitrogens is 4. The molecular formula is C22H34N5O4P. The van der Waals surface area contributed by atoms with Crippen molar-refractivity contribution in [1.29, 1.82) is 0 Å². The van der Waals surface area contributed by atoms with Gasteiger partial charge in [0.2, 0.25) is 0 Å². The van der Waals surface area contributed by atoms with Gasteiger partial charge in [-0.2, -0.15) is 0 Å². The molecule has 0 saturated carbocycles. The summed E-state index contributed by atoms with van der Waals surface area (Å²) in [6, 6.07) is 0.376. The number of imidazole rings is 1. The SMILES string of the molecule is [2H]CC1OC(n2cnc3c(C)ncnc32)C(OC)C1OP(OCCC#C)N(C(C)C)C(C)C. The molecule has 2 aromatic heterocycles. The molecule has 1 aliphatic heterocycles. The highest BCUT2D eigenvalue weighted by Gasteiger charge is 2.47. The lowest BCUT2D eigenvalue weighted by molar-refractivity contribution is -0.0466. The standard InChI is InChI=1S/C22H34N5O4P/c1-9-10-11-29-32(27(14(2)3)15(4)5)31-19-17(7)30-22(20(19)28-8)26-13-25-18-16(6)23-12-24-21(18)26/h1,12-15,17,19-20,22H,10-11H2,2-8H3/i7D. The topological polar surface area (TPSA) is 83.8 Å². The summed E-state index contributed by atoms with van der Waals surface area (Å²) in [6.45, 7) is 10.7. The molecule has 0 aromatic carbocycles. The minimum atomic E-state index is -1.46. The Morgan fingerprint density at radius 2 is 2.03 bits per heavy atom. The van der Waals surface area contributed by atoms with Gasteiger partial charge in [-0.3, -0.25) is 4.57 Å². The second kappa shape index (κ2) is 11.0. The lowest BCUT2D eigenvalue weighted by Gasteiger charge is -2.38. The third-order valence-electron chi connectivity index (χ3n) is 5.28. The van der Waals surface area contributed by atoms with Gasteiger partial charge in [-0.25, -0.2) is 19.6 Å². The van der Waals surface area contributed by atoms with Crippen LogP contribution in [-0.4, -0.2) is 68.3 Å². The predicted octanol–water partition coefficient (Wildman–Crippen LogP) is 3.84. The van der Waals surface area contributed by atoms with Crippen molar-refractivity contribution in [3.63, 3.8) is 0 Å². The zero-order valence-electron chi connectivity index (χ0n) is 20.6. The second-order valence-electron chi connectivity index (χ2n) is 8.21. The Labute approximate surface area is 193 Å². The summed E-state index contributed by atoms with van der Waals surface area (Å²) in [6.07, 6.45) is 7.03. The summed E-state index contributed by atoms with van der Waals surface area (Å²) in [5, 5.41) is 0. The average Bonchev–Trinajstić information content (AvgIpc) is 3.35. The predicted molar refractivity (Wildman–Crippen MR) is 124 cm³/mol. The summed E-state index contributed by atoms with van der Waals surface area (Å²) in [5.41, 5.74) is 2.14. The number of nitrogens with zero attached hydrogens (tertiary/aromatic N) is 5. The summed E-state index contributed by atoms with van der Waals surface area (Å²) >= 11 is 0. The molecule has 2 aromatic rings. The number of aryl methyl sites for hydroxylation is 1. The molecule has 0 bridgehead atoms. The van der Waals surface area contributed by atoms with Crippen LogP contribution >= 0.6 is 8.53 Å². The Morgan fingerprint density at radius 1 is 1.28 bits per heavy atom. The van der Waals surface area contributed by atoms with Gasteiger partial charge in [0.15, 0.2) is 11.9 Å². The van der Waals surface area contributed by atoms with E-state index in [0.29, 0.717) is 24.2 Å². The number of hydrogen-bond donors (Lipinski definition) is 0. The molecule has 0 aliphatic carbocycles. The van der Waals surface area contributed by atoms with Crippen LogP contribution < -0.4 is 0 Å². The third-order valence-corrected chi connectivity index (χ3v) is 7.41. The van der Waals surface area contributed by atoms with Crippen molar-refractivity contribution >= 4 is 19.7 Å². The molecule has 9 nitrogen and oxygen atoms in total. The molecule has 5 unspecified atom stereocenters. The van der Waals surface area contributed by atoms with E-state index >= 15 is 0 Å². The molecule has 1 saturated heterocycles. The highest BCUT2D eigenvalue weighted by atomic mass is 31.2. The van der Waals surface area contributed by atoms with Crippen LogP contribution in [0.3, 0.4) is 0 Å². The summed E-state index contributed by atoms with van der Waals surface area (Å²) in [7, 11) is 0.156. The Balaban J connectivity index is 1.92. The van der Waals surface area contributed by atoms with Crippen molar-refractivity contribution in [2.75, 3.05) is 13.7 Å². The molecule has 0 radical (unpaired) electrons. The molecule has 10 heteroatoms. The van der Waals surface area contributed by atoms with Crippen LogP contribution in [0.25, 0.3) is 11.2 Å². The fourth-order valence-electron chi connectivity index (χ4n) is 3.88. The van der Waals surface area contributed by atoms with Crippen molar-refractivity contribution in [3.8, 4) is 12.3 Å². The lowest BCUT2D eigenvalue weighted by atomic mass is 10.1. The third kappa shape index (κ3) is 5.12. The van der Waals surface area contributed by atoms with Gasteiger partial charge in [0.05, 0.1) is 24.7 Å². The van der Waals surface area contributed by atoms with Gasteiger partial charge in [0, 0.05) is 27.0 Å². The van der Waals surface area contributed by atoms with Crippen LogP contribution in [0.4, 0.5) is 0 Å². The van der Waals surface area contributed by atoms with E-state index in [0.717, 1.165) is 5.69 Å². The Bertz CT molecular complexity index is 944. The van der Waals surface area contributed by atoms with Crippen molar-refractivity contribution in [3.05, 3.63) is 18.3 Å². The second-order valence-corrected chi connectivity index (χ2v) is 9.62. The highest BCUT2D eigenvalue weighted by molar-refractivity contribution is 7.44. The highest BCUT2D eigenvalue weighted by Crippen LogP contribution is 2.50. The lowest BCUT2D eigenvalue weighted by Crippen LogP contribution is -2.39. The zero-order chi connectivity index (χ0) is 24.1. The number of methoxy groups -OCH3 is 1. The van der Waals surface area contributed by atoms with E-state index in [1.54, 1.807) is 13.4 Å². The van der Waals surface area contributed by atoms with Crippen LogP contribution in [0.1, 0.15) is 54.3 Å². The van der Waals surface area contributed by atoms with Gasteiger partial charge in [-0.05, 0) is 41.5 Å². The normalized spacial score (nSPS) is 25.1. The van der Waals surface area contributed by atoms with Crippen LogP contribution in [0.5, 0.6) is 0 Å². The molecule has 176 valence electrons. The molecule has 3 rings (SSSR count). The van der Waals surface area contributed by atoms with E-state index in [9.17, 15) is 0 Å². The van der Waals surface area contributed by atoms with Crippen LogP contribution in [0.15, 0.2) is 12.7 Å². The monoisotopic (exact) mass is 464 g/mol. The van der Waals surface area contributed by atoms with Gasteiger partial charge < -0.3 is 18.5 Å². The van der Waals surface area contributed by atoms with Crippen molar-refractivity contribution in [2.45, 2.75) is 84.6 Å². The number of rotatable bonds is 10. The zero-order valence-corrected chi connectivity index (χ0v) is 20.5. The molecule has 3 heterocycles. The quantitative estimate of drug-likeness (QED) is 0.298. The number of hydrogen-bond acceptors (Lipinski definition) is 8. The Kier molecular flexibility index (Phi) is 8.06. The number of ether oxygens (including phenoxy) is 2. The van der Waals surface area contributed by atoms with Gasteiger partial charge in [0.1, 0.15) is 24.1 Å². The van der Waals surface area contributed by atoms with E-state index in [1.807, 2.05) is 11.5 Å². The molecule has 0 amide bonds. The first kappa shape index (κ1) is 23.5. The van der Waals surface area contributed by atoms with Crippen molar-refractivity contribution < 1.29 is 19.9 Å². The Hall–Kier alpha value is -1.66. The first-order chi connectivity index (χ1) is 15.8. The maximum Gasteiger partial charge on any atom is 0.259 e. The summed E-state index contributed by atoms with van der Waals surface area (Å²) in [4.78, 5) is 13.1. The maximum atomic E-state index is 8.11. The van der Waals surface area contributed by atoms with E-state index in [1.165, 1.54) is 6.33 Å². The molecule has 32 heavy (non-hydrogen) atoms.